The van der Waals surface area contributed by atoms with Gasteiger partial charge in [0.25, 0.3) is 0 Å². The number of rotatable bonds is 3. The minimum absolute atomic E-state index is 0.470. The largest absolute Gasteiger partial charge is 0.490 e. The quantitative estimate of drug-likeness (QED) is 0.928. The van der Waals surface area contributed by atoms with E-state index in [4.69, 9.17) is 9.47 Å². The molecule has 2 aliphatic rings. The van der Waals surface area contributed by atoms with Crippen LogP contribution in [-0.4, -0.2) is 44.3 Å². The van der Waals surface area contributed by atoms with Crippen LogP contribution in [0.2, 0.25) is 0 Å². The van der Waals surface area contributed by atoms with E-state index in [9.17, 15) is 0 Å². The molecule has 0 spiro atoms. The lowest BCUT2D eigenvalue weighted by Gasteiger charge is -2.34. The first-order valence-electron chi connectivity index (χ1n) is 8.07. The second-order valence-corrected chi connectivity index (χ2v) is 6.31. The van der Waals surface area contributed by atoms with Gasteiger partial charge in [-0.15, -0.1) is 0 Å². The van der Waals surface area contributed by atoms with Crippen molar-refractivity contribution in [3.63, 3.8) is 0 Å². The number of benzene rings is 1. The zero-order valence-electron chi connectivity index (χ0n) is 13.1. The number of hydrogen-bond acceptors (Lipinski definition) is 4. The monoisotopic (exact) mass is 290 g/mol. The van der Waals surface area contributed by atoms with Crippen LogP contribution in [0.15, 0.2) is 18.2 Å². The van der Waals surface area contributed by atoms with E-state index in [0.29, 0.717) is 12.0 Å². The van der Waals surface area contributed by atoms with Gasteiger partial charge in [-0.25, -0.2) is 0 Å². The maximum atomic E-state index is 5.76. The van der Waals surface area contributed by atoms with Gasteiger partial charge in [-0.2, -0.15) is 0 Å². The molecule has 1 fully saturated rings. The van der Waals surface area contributed by atoms with Crippen molar-refractivity contribution in [2.24, 2.45) is 5.92 Å². The molecule has 0 amide bonds. The number of ether oxygens (including phenoxy) is 2. The Balaban J connectivity index is 1.65. The standard InChI is InChI=1S/C17H26N2O2/c1-13(14-5-3-8-19(2)12-14)18-15-6-7-16-17(11-15)21-10-4-9-20-16/h6-7,11,13-14,18H,3-5,8-10,12H2,1-2H3. The van der Waals surface area contributed by atoms with Crippen LogP contribution in [0.5, 0.6) is 11.5 Å². The molecule has 1 aromatic rings. The molecule has 0 aromatic heterocycles. The first-order chi connectivity index (χ1) is 10.2. The van der Waals surface area contributed by atoms with Crippen molar-refractivity contribution in [2.45, 2.75) is 32.2 Å². The van der Waals surface area contributed by atoms with Crippen LogP contribution in [0.4, 0.5) is 5.69 Å². The third-order valence-corrected chi connectivity index (χ3v) is 4.51. The highest BCUT2D eigenvalue weighted by atomic mass is 16.5. The second-order valence-electron chi connectivity index (χ2n) is 6.31. The van der Waals surface area contributed by atoms with E-state index in [1.807, 2.05) is 6.07 Å². The fourth-order valence-electron chi connectivity index (χ4n) is 3.25. The normalized spacial score (nSPS) is 24.2. The molecule has 2 heterocycles. The smallest absolute Gasteiger partial charge is 0.163 e. The zero-order valence-corrected chi connectivity index (χ0v) is 13.1. The van der Waals surface area contributed by atoms with Crippen LogP contribution < -0.4 is 14.8 Å². The van der Waals surface area contributed by atoms with Crippen LogP contribution >= 0.6 is 0 Å². The Bertz CT molecular complexity index is 478. The predicted molar refractivity (Wildman–Crippen MR) is 85.4 cm³/mol. The summed E-state index contributed by atoms with van der Waals surface area (Å²) >= 11 is 0. The molecule has 2 atom stereocenters. The summed E-state index contributed by atoms with van der Waals surface area (Å²) in [6, 6.07) is 6.65. The molecule has 2 aliphatic heterocycles. The van der Waals surface area contributed by atoms with Gasteiger partial charge in [0.15, 0.2) is 11.5 Å². The summed E-state index contributed by atoms with van der Waals surface area (Å²) in [5, 5.41) is 3.64. The molecule has 1 aromatic carbocycles. The molecule has 0 bridgehead atoms. The fraction of sp³-hybridized carbons (Fsp3) is 0.647. The van der Waals surface area contributed by atoms with Crippen molar-refractivity contribution in [3.05, 3.63) is 18.2 Å². The van der Waals surface area contributed by atoms with Gasteiger partial charge in [-0.3, -0.25) is 0 Å². The van der Waals surface area contributed by atoms with Gasteiger partial charge in [-0.1, -0.05) is 0 Å². The van der Waals surface area contributed by atoms with Crippen molar-refractivity contribution in [3.8, 4) is 11.5 Å². The van der Waals surface area contributed by atoms with Crippen molar-refractivity contribution >= 4 is 5.69 Å². The molecule has 2 unspecified atom stereocenters. The first-order valence-corrected chi connectivity index (χ1v) is 8.07. The summed E-state index contributed by atoms with van der Waals surface area (Å²) in [4.78, 5) is 2.43. The van der Waals surface area contributed by atoms with E-state index in [2.05, 4.69) is 36.3 Å². The van der Waals surface area contributed by atoms with Gasteiger partial charge in [0.05, 0.1) is 13.2 Å². The zero-order chi connectivity index (χ0) is 14.7. The molecule has 3 rings (SSSR count). The number of anilines is 1. The van der Waals surface area contributed by atoms with Crippen LogP contribution in [0, 0.1) is 5.92 Å². The fourth-order valence-corrected chi connectivity index (χ4v) is 3.25. The van der Waals surface area contributed by atoms with E-state index in [1.54, 1.807) is 0 Å². The lowest BCUT2D eigenvalue weighted by atomic mass is 9.92. The number of piperidine rings is 1. The van der Waals surface area contributed by atoms with Gasteiger partial charge in [-0.05, 0) is 51.4 Å². The van der Waals surface area contributed by atoms with E-state index < -0.39 is 0 Å². The Hall–Kier alpha value is -1.42. The average Bonchev–Trinajstić information content (AvgIpc) is 2.72. The number of likely N-dealkylation sites (tertiary alicyclic amines) is 1. The molecule has 4 heteroatoms. The molecule has 0 radical (unpaired) electrons. The maximum Gasteiger partial charge on any atom is 0.163 e. The summed E-state index contributed by atoms with van der Waals surface area (Å²) in [6.07, 6.45) is 3.56. The summed E-state index contributed by atoms with van der Waals surface area (Å²) in [7, 11) is 2.21. The van der Waals surface area contributed by atoms with Gasteiger partial charge in [0, 0.05) is 30.8 Å². The Labute approximate surface area is 127 Å². The van der Waals surface area contributed by atoms with E-state index in [1.165, 1.54) is 25.9 Å². The minimum atomic E-state index is 0.470. The molecule has 1 saturated heterocycles. The highest BCUT2D eigenvalue weighted by Gasteiger charge is 2.23. The molecular weight excluding hydrogens is 264 g/mol. The topological polar surface area (TPSA) is 33.7 Å². The van der Waals surface area contributed by atoms with Crippen molar-refractivity contribution in [2.75, 3.05) is 38.7 Å². The molecule has 4 nitrogen and oxygen atoms in total. The highest BCUT2D eigenvalue weighted by Crippen LogP contribution is 2.33. The Morgan fingerprint density at radius 2 is 2.00 bits per heavy atom. The van der Waals surface area contributed by atoms with Gasteiger partial charge >= 0.3 is 0 Å². The minimum Gasteiger partial charge on any atom is -0.490 e. The molecule has 0 saturated carbocycles. The van der Waals surface area contributed by atoms with Crippen LogP contribution in [-0.2, 0) is 0 Å². The molecule has 1 N–H and O–H groups in total. The van der Waals surface area contributed by atoms with Crippen LogP contribution in [0.3, 0.4) is 0 Å². The second kappa shape index (κ2) is 6.56. The molecule has 116 valence electrons. The van der Waals surface area contributed by atoms with E-state index >= 15 is 0 Å². The maximum absolute atomic E-state index is 5.76. The third-order valence-electron chi connectivity index (χ3n) is 4.51. The van der Waals surface area contributed by atoms with Crippen LogP contribution in [0.1, 0.15) is 26.2 Å². The number of nitrogens with zero attached hydrogens (tertiary/aromatic N) is 1. The summed E-state index contributed by atoms with van der Waals surface area (Å²) in [5.41, 5.74) is 1.12. The Morgan fingerprint density at radius 1 is 1.19 bits per heavy atom. The highest BCUT2D eigenvalue weighted by molar-refractivity contribution is 5.55. The first kappa shape index (κ1) is 14.5. The lowest BCUT2D eigenvalue weighted by Crippen LogP contribution is -2.39. The number of fused-ring (bicyclic) bond motifs is 1. The molecular formula is C17H26N2O2. The average molecular weight is 290 g/mol. The SMILES string of the molecule is CC(Nc1ccc2c(c1)OCCCO2)C1CCCN(C)C1. The number of hydrogen-bond donors (Lipinski definition) is 1. The number of nitrogens with one attached hydrogen (secondary N) is 1. The van der Waals surface area contributed by atoms with E-state index in [-0.39, 0.29) is 0 Å². The summed E-state index contributed by atoms with van der Waals surface area (Å²) < 4.78 is 11.4. The predicted octanol–water partition coefficient (Wildman–Crippen LogP) is 2.99. The van der Waals surface area contributed by atoms with Gasteiger partial charge in [0.1, 0.15) is 0 Å². The van der Waals surface area contributed by atoms with Crippen molar-refractivity contribution < 1.29 is 9.47 Å². The van der Waals surface area contributed by atoms with Crippen molar-refractivity contribution in [1.82, 2.24) is 4.90 Å². The van der Waals surface area contributed by atoms with Gasteiger partial charge < -0.3 is 19.7 Å². The van der Waals surface area contributed by atoms with Crippen LogP contribution in [0.25, 0.3) is 0 Å². The summed E-state index contributed by atoms with van der Waals surface area (Å²) in [5.74, 6) is 2.44. The molecule has 0 aliphatic carbocycles. The van der Waals surface area contributed by atoms with Crippen molar-refractivity contribution in [1.29, 1.82) is 0 Å². The van der Waals surface area contributed by atoms with Gasteiger partial charge in [0.2, 0.25) is 0 Å². The third kappa shape index (κ3) is 3.62. The van der Waals surface area contributed by atoms with E-state index in [0.717, 1.165) is 36.8 Å². The summed E-state index contributed by atoms with van der Waals surface area (Å²) in [6.45, 7) is 6.17. The lowest BCUT2D eigenvalue weighted by molar-refractivity contribution is 0.197. The Morgan fingerprint density at radius 3 is 2.81 bits per heavy atom. The Kier molecular flexibility index (Phi) is 4.54. The molecule has 21 heavy (non-hydrogen) atoms.